The summed E-state index contributed by atoms with van der Waals surface area (Å²) in [6, 6.07) is 0. The van der Waals surface area contributed by atoms with Crippen molar-refractivity contribution >= 4 is 21.6 Å². The Kier molecular flexibility index (Phi) is 6.00. The summed E-state index contributed by atoms with van der Waals surface area (Å²) in [5.74, 6) is 0. The van der Waals surface area contributed by atoms with Gasteiger partial charge in [-0.15, -0.1) is 0 Å². The first-order valence-electron chi connectivity index (χ1n) is 5.91. The molecule has 5 nitrogen and oxygen atoms in total. The van der Waals surface area contributed by atoms with Crippen LogP contribution < -0.4 is 10.9 Å². The van der Waals surface area contributed by atoms with E-state index in [2.05, 4.69) is 26.3 Å². The van der Waals surface area contributed by atoms with Crippen molar-refractivity contribution < 1.29 is 13.2 Å². The summed E-state index contributed by atoms with van der Waals surface area (Å²) in [6.45, 7) is 0.748. The predicted molar refractivity (Wildman–Crippen MR) is 73.9 cm³/mol. The summed E-state index contributed by atoms with van der Waals surface area (Å²) in [6.07, 6.45) is -3.85. The van der Waals surface area contributed by atoms with Crippen molar-refractivity contribution in [3.8, 4) is 0 Å². The van der Waals surface area contributed by atoms with Crippen LogP contribution in [0.3, 0.4) is 0 Å². The summed E-state index contributed by atoms with van der Waals surface area (Å²) < 4.78 is 37.6. The molecule has 1 N–H and O–H groups in total. The topological polar surface area (TPSA) is 50.2 Å². The predicted octanol–water partition coefficient (Wildman–Crippen LogP) is 1.93. The average Bonchev–Trinajstić information content (AvgIpc) is 2.32. The molecule has 1 aromatic heterocycles. The van der Waals surface area contributed by atoms with Crippen LogP contribution in [0, 0.1) is 0 Å². The molecule has 0 atom stereocenters. The van der Waals surface area contributed by atoms with Crippen LogP contribution in [0.15, 0.2) is 15.5 Å². The van der Waals surface area contributed by atoms with Crippen molar-refractivity contribution in [1.29, 1.82) is 0 Å². The Morgan fingerprint density at radius 1 is 1.45 bits per heavy atom. The van der Waals surface area contributed by atoms with Gasteiger partial charge in [0, 0.05) is 13.1 Å². The fraction of sp³-hybridized carbons (Fsp3) is 0.636. The molecule has 0 fully saturated rings. The van der Waals surface area contributed by atoms with E-state index < -0.39 is 12.6 Å². The highest BCUT2D eigenvalue weighted by Gasteiger charge is 2.26. The molecule has 0 aliphatic heterocycles. The van der Waals surface area contributed by atoms with E-state index in [1.54, 1.807) is 0 Å². The summed E-state index contributed by atoms with van der Waals surface area (Å²) in [7, 11) is 3.74. The van der Waals surface area contributed by atoms with E-state index in [1.807, 2.05) is 19.0 Å². The molecule has 0 aromatic carbocycles. The molecule has 20 heavy (non-hydrogen) atoms. The maximum absolute atomic E-state index is 12.0. The first kappa shape index (κ1) is 17.0. The first-order chi connectivity index (χ1) is 9.20. The highest BCUT2D eigenvalue weighted by Crippen LogP contribution is 2.21. The lowest BCUT2D eigenvalue weighted by atomic mass is 10.4. The molecule has 0 aliphatic rings. The number of rotatable bonds is 6. The molecule has 1 aromatic rings. The quantitative estimate of drug-likeness (QED) is 0.846. The maximum atomic E-state index is 12.0. The van der Waals surface area contributed by atoms with E-state index in [9.17, 15) is 18.0 Å². The maximum Gasteiger partial charge on any atom is 0.390 e. The monoisotopic (exact) mass is 356 g/mol. The highest BCUT2D eigenvalue weighted by molar-refractivity contribution is 9.10. The molecule has 1 heterocycles. The number of nitrogens with zero attached hydrogens (tertiary/aromatic N) is 3. The van der Waals surface area contributed by atoms with Crippen LogP contribution in [0.1, 0.15) is 6.42 Å². The van der Waals surface area contributed by atoms with Crippen molar-refractivity contribution in [2.45, 2.75) is 19.1 Å². The number of halogens is 4. The normalized spacial score (nSPS) is 11.9. The van der Waals surface area contributed by atoms with Crippen molar-refractivity contribution in [2.75, 3.05) is 32.5 Å². The second-order valence-corrected chi connectivity index (χ2v) is 5.29. The molecule has 0 saturated carbocycles. The molecule has 0 radical (unpaired) electrons. The summed E-state index contributed by atoms with van der Waals surface area (Å²) in [4.78, 5) is 13.8. The average molecular weight is 357 g/mol. The molecular formula is C11H16BrF3N4O. The van der Waals surface area contributed by atoms with Gasteiger partial charge in [-0.2, -0.15) is 18.3 Å². The van der Waals surface area contributed by atoms with Gasteiger partial charge in [-0.3, -0.25) is 4.79 Å². The largest absolute Gasteiger partial charge is 0.390 e. The number of nitrogens with one attached hydrogen (secondary N) is 1. The van der Waals surface area contributed by atoms with Gasteiger partial charge in [0.25, 0.3) is 5.56 Å². The van der Waals surface area contributed by atoms with Crippen molar-refractivity contribution in [1.82, 2.24) is 14.7 Å². The molecule has 1 rings (SSSR count). The second kappa shape index (κ2) is 7.07. The van der Waals surface area contributed by atoms with Crippen LogP contribution in [0.5, 0.6) is 0 Å². The second-order valence-electron chi connectivity index (χ2n) is 4.50. The van der Waals surface area contributed by atoms with Gasteiger partial charge in [0.1, 0.15) is 4.47 Å². The number of aromatic nitrogens is 2. The number of likely N-dealkylation sites (N-methyl/N-ethyl adjacent to an activating group) is 1. The third-order valence-corrected chi connectivity index (χ3v) is 3.23. The lowest BCUT2D eigenvalue weighted by molar-refractivity contribution is -0.131. The van der Waals surface area contributed by atoms with Crippen molar-refractivity contribution in [2.24, 2.45) is 0 Å². The van der Waals surface area contributed by atoms with Gasteiger partial charge in [-0.25, -0.2) is 4.68 Å². The third kappa shape index (κ3) is 5.49. The lowest BCUT2D eigenvalue weighted by Gasteiger charge is -2.13. The van der Waals surface area contributed by atoms with Crippen LogP contribution >= 0.6 is 15.9 Å². The van der Waals surface area contributed by atoms with Crippen LogP contribution in [0.4, 0.5) is 18.9 Å². The van der Waals surface area contributed by atoms with Crippen LogP contribution in [0.25, 0.3) is 0 Å². The molecular weight excluding hydrogens is 341 g/mol. The van der Waals surface area contributed by atoms with E-state index in [1.165, 1.54) is 10.9 Å². The van der Waals surface area contributed by atoms with Crippen LogP contribution in [-0.4, -0.2) is 48.0 Å². The molecule has 0 saturated heterocycles. The molecule has 0 unspecified atom stereocenters. The van der Waals surface area contributed by atoms with E-state index in [0.29, 0.717) is 13.1 Å². The number of anilines is 1. The van der Waals surface area contributed by atoms with Gasteiger partial charge < -0.3 is 10.2 Å². The van der Waals surface area contributed by atoms with E-state index in [-0.39, 0.29) is 22.3 Å². The Morgan fingerprint density at radius 3 is 2.65 bits per heavy atom. The number of alkyl halides is 3. The zero-order valence-corrected chi connectivity index (χ0v) is 12.8. The van der Waals surface area contributed by atoms with Crippen LogP contribution in [0.2, 0.25) is 0 Å². The number of hydrogen-bond acceptors (Lipinski definition) is 4. The van der Waals surface area contributed by atoms with E-state index >= 15 is 0 Å². The van der Waals surface area contributed by atoms with Gasteiger partial charge in [0.15, 0.2) is 0 Å². The van der Waals surface area contributed by atoms with Gasteiger partial charge in [-0.05, 0) is 30.0 Å². The minimum absolute atomic E-state index is 0.188. The van der Waals surface area contributed by atoms with Gasteiger partial charge in [-0.1, -0.05) is 0 Å². The zero-order chi connectivity index (χ0) is 15.3. The summed E-state index contributed by atoms with van der Waals surface area (Å²) in [5.41, 5.74) is -0.107. The Labute approximate surface area is 122 Å². The van der Waals surface area contributed by atoms with Crippen molar-refractivity contribution in [3.63, 3.8) is 0 Å². The molecule has 9 heteroatoms. The van der Waals surface area contributed by atoms with E-state index in [0.717, 1.165) is 0 Å². The Morgan fingerprint density at radius 2 is 2.10 bits per heavy atom. The van der Waals surface area contributed by atoms with E-state index in [4.69, 9.17) is 0 Å². The van der Waals surface area contributed by atoms with Gasteiger partial charge in [0.05, 0.1) is 24.8 Å². The zero-order valence-electron chi connectivity index (χ0n) is 11.2. The van der Waals surface area contributed by atoms with Crippen molar-refractivity contribution in [3.05, 3.63) is 21.0 Å². The Hall–Kier alpha value is -1.09. The first-order valence-corrected chi connectivity index (χ1v) is 6.71. The summed E-state index contributed by atoms with van der Waals surface area (Å²) in [5, 5.41) is 6.48. The molecule has 0 amide bonds. The minimum Gasteiger partial charge on any atom is -0.382 e. The molecule has 0 aliphatic carbocycles. The fourth-order valence-electron chi connectivity index (χ4n) is 1.38. The number of hydrogen-bond donors (Lipinski definition) is 1. The third-order valence-electron chi connectivity index (χ3n) is 2.47. The van der Waals surface area contributed by atoms with Gasteiger partial charge in [0.2, 0.25) is 0 Å². The SMILES string of the molecule is CN(C)CCn1ncc(NCCC(F)(F)F)c(Br)c1=O. The van der Waals surface area contributed by atoms with Gasteiger partial charge >= 0.3 is 6.18 Å². The summed E-state index contributed by atoms with van der Waals surface area (Å²) >= 11 is 3.09. The Bertz CT molecular complexity index is 501. The molecule has 114 valence electrons. The van der Waals surface area contributed by atoms with Crippen LogP contribution in [-0.2, 0) is 6.54 Å². The molecule has 0 spiro atoms. The fourth-order valence-corrected chi connectivity index (χ4v) is 1.83. The minimum atomic E-state index is -4.23. The molecule has 0 bridgehead atoms. The Balaban J connectivity index is 2.71. The smallest absolute Gasteiger partial charge is 0.382 e. The standard InChI is InChI=1S/C11H16BrF3N4O/c1-18(2)5-6-19-10(20)9(12)8(7-17-19)16-4-3-11(13,14)15/h7,16H,3-6H2,1-2H3. The lowest BCUT2D eigenvalue weighted by Crippen LogP contribution is -2.29. The highest BCUT2D eigenvalue weighted by atomic mass is 79.9.